The number of benzene rings is 2. The summed E-state index contributed by atoms with van der Waals surface area (Å²) in [6.45, 7) is 7.53. The van der Waals surface area contributed by atoms with Gasteiger partial charge in [0.05, 0.1) is 26.4 Å². The van der Waals surface area contributed by atoms with Gasteiger partial charge < -0.3 is 19.3 Å². The van der Waals surface area contributed by atoms with Crippen LogP contribution in [0.5, 0.6) is 0 Å². The zero-order valence-electron chi connectivity index (χ0n) is 19.4. The van der Waals surface area contributed by atoms with Crippen LogP contribution in [-0.4, -0.2) is 32.5 Å². The highest BCUT2D eigenvalue weighted by molar-refractivity contribution is 6.86. The molecule has 0 aliphatic heterocycles. The van der Waals surface area contributed by atoms with Gasteiger partial charge in [-0.05, 0) is 29.3 Å². The molecule has 0 radical (unpaired) electrons. The van der Waals surface area contributed by atoms with Gasteiger partial charge >= 0.3 is 11.3 Å². The van der Waals surface area contributed by atoms with Crippen molar-refractivity contribution in [3.8, 4) is 0 Å². The first-order valence-electron chi connectivity index (χ1n) is 11.3. The zero-order chi connectivity index (χ0) is 23.2. The first-order valence-corrected chi connectivity index (χ1v) is 13.9. The first kappa shape index (κ1) is 25.6. The molecule has 0 saturated carbocycles. The number of ether oxygens (including phenoxy) is 3. The third-order valence-corrected chi connectivity index (χ3v) is 11.3. The van der Waals surface area contributed by atoms with Gasteiger partial charge in [-0.25, -0.2) is 0 Å². The van der Waals surface area contributed by atoms with Crippen LogP contribution in [0.1, 0.15) is 31.9 Å². The van der Waals surface area contributed by atoms with Crippen LogP contribution < -0.4 is 0 Å². The Morgan fingerprint density at radius 2 is 1.28 bits per heavy atom. The molecular weight excluding hydrogens is 420 g/mol. The van der Waals surface area contributed by atoms with Gasteiger partial charge in [-0.3, -0.25) is 0 Å². The summed E-state index contributed by atoms with van der Waals surface area (Å²) in [5.41, 5.74) is 2.10. The molecule has 0 heterocycles. The van der Waals surface area contributed by atoms with Gasteiger partial charge in [0.25, 0.3) is 0 Å². The van der Waals surface area contributed by atoms with E-state index in [2.05, 4.69) is 25.7 Å². The largest absolute Gasteiger partial charge is 0.476 e. The highest BCUT2D eigenvalue weighted by Crippen LogP contribution is 2.31. The Kier molecular flexibility index (Phi) is 10.9. The minimum absolute atomic E-state index is 0.228. The monoisotopic (exact) mass is 455 g/mol. The summed E-state index contributed by atoms with van der Waals surface area (Å²) in [4.78, 5) is 3.47. The van der Waals surface area contributed by atoms with Crippen molar-refractivity contribution in [2.45, 2.75) is 58.2 Å². The van der Waals surface area contributed by atoms with E-state index in [1.54, 1.807) is 0 Å². The molecular formula is C25H35N2O4Si+. The maximum Gasteiger partial charge on any atom is 0.404 e. The Bertz CT molecular complexity index is 811. The van der Waals surface area contributed by atoms with Crippen LogP contribution in [0.2, 0.25) is 18.1 Å². The summed E-state index contributed by atoms with van der Waals surface area (Å²) in [7, 11) is -2.14. The van der Waals surface area contributed by atoms with Crippen molar-refractivity contribution in [3.05, 3.63) is 88.0 Å². The molecule has 2 aromatic carbocycles. The van der Waals surface area contributed by atoms with Gasteiger partial charge in [0.1, 0.15) is 6.10 Å². The lowest BCUT2D eigenvalue weighted by Crippen LogP contribution is -2.36. The summed E-state index contributed by atoms with van der Waals surface area (Å²) in [5, 5.41) is 20.8. The number of nitrogens with zero attached hydrogens (tertiary/aromatic N) is 2. The molecule has 6 nitrogen and oxygen atoms in total. The van der Waals surface area contributed by atoms with Gasteiger partial charge in [-0.2, -0.15) is 0 Å². The fourth-order valence-electron chi connectivity index (χ4n) is 3.72. The summed E-state index contributed by atoms with van der Waals surface area (Å²) in [6.07, 6.45) is -0.545. The lowest BCUT2D eigenvalue weighted by Gasteiger charge is -2.22. The summed E-state index contributed by atoms with van der Waals surface area (Å²) in [5.74, 6) is -0.318. The summed E-state index contributed by atoms with van der Waals surface area (Å²) < 4.78 is 17.5. The molecule has 1 N–H and O–H groups in total. The fraction of sp³-hybridized carbons (Fsp3) is 0.440. The Morgan fingerprint density at radius 3 is 1.66 bits per heavy atom. The maximum atomic E-state index is 10.8. The quantitative estimate of drug-likeness (QED) is 0.202. The van der Waals surface area contributed by atoms with Crippen molar-refractivity contribution < 1.29 is 19.3 Å². The van der Waals surface area contributed by atoms with E-state index in [0.717, 1.165) is 29.3 Å². The number of diazo groups is 1. The van der Waals surface area contributed by atoms with Crippen molar-refractivity contribution >= 4 is 8.07 Å². The van der Waals surface area contributed by atoms with E-state index in [1.807, 2.05) is 60.7 Å². The molecule has 0 aliphatic carbocycles. The van der Waals surface area contributed by atoms with Gasteiger partial charge in [0, 0.05) is 0 Å². The Morgan fingerprint density at radius 1 is 0.844 bits per heavy atom. The van der Waals surface area contributed by atoms with Crippen molar-refractivity contribution in [3.63, 3.8) is 0 Å². The summed E-state index contributed by atoms with van der Waals surface area (Å²) >= 11 is 0. The standard InChI is InChI=1S/C25H34N2O4Si/c1-4-32(5-2,6-3)24(27-26)25(28)31-23(19-29-17-21-13-9-7-10-14-21)20-30-18-22-15-11-8-12-16-22/h7-16,23H,4-6,17-20H2,1-3H3/p+1/b25-24+. The van der Waals surface area contributed by atoms with E-state index in [4.69, 9.17) is 14.2 Å². The number of rotatable bonds is 14. The second-order valence-corrected chi connectivity index (χ2v) is 13.0. The van der Waals surface area contributed by atoms with Gasteiger partial charge in [0.2, 0.25) is 13.5 Å². The third kappa shape index (κ3) is 7.48. The lowest BCUT2D eigenvalue weighted by molar-refractivity contribution is -0.0696. The molecule has 172 valence electrons. The van der Waals surface area contributed by atoms with Crippen molar-refractivity contribution in [2.24, 2.45) is 0 Å². The van der Waals surface area contributed by atoms with Crippen LogP contribution in [-0.2, 0) is 27.4 Å². The first-order chi connectivity index (χ1) is 15.6. The van der Waals surface area contributed by atoms with E-state index in [0.29, 0.717) is 18.5 Å². The minimum atomic E-state index is -2.14. The van der Waals surface area contributed by atoms with Crippen LogP contribution in [0, 0.1) is 5.39 Å². The van der Waals surface area contributed by atoms with Crippen molar-refractivity contribution in [2.75, 3.05) is 13.2 Å². The molecule has 0 aromatic heterocycles. The number of hydrogen-bond donors (Lipinski definition) is 1. The van der Waals surface area contributed by atoms with Crippen molar-refractivity contribution in [1.29, 1.82) is 5.39 Å². The molecule has 0 amide bonds. The fourth-order valence-corrected chi connectivity index (χ4v) is 6.95. The van der Waals surface area contributed by atoms with E-state index in [-0.39, 0.29) is 19.2 Å². The number of aliphatic hydroxyl groups excluding tert-OH is 1. The predicted molar refractivity (Wildman–Crippen MR) is 129 cm³/mol. The average molecular weight is 456 g/mol. The van der Waals surface area contributed by atoms with E-state index in [1.165, 1.54) is 0 Å². The van der Waals surface area contributed by atoms with Crippen LogP contribution in [0.3, 0.4) is 0 Å². The molecule has 2 rings (SSSR count). The molecule has 0 saturated heterocycles. The van der Waals surface area contributed by atoms with E-state index < -0.39 is 14.2 Å². The van der Waals surface area contributed by atoms with E-state index >= 15 is 0 Å². The molecule has 7 heteroatoms. The predicted octanol–water partition coefficient (Wildman–Crippen LogP) is 6.43. The van der Waals surface area contributed by atoms with Crippen LogP contribution in [0.4, 0.5) is 0 Å². The minimum Gasteiger partial charge on any atom is -0.476 e. The molecule has 0 bridgehead atoms. The highest BCUT2D eigenvalue weighted by atomic mass is 28.3. The average Bonchev–Trinajstić information content (AvgIpc) is 2.83. The molecule has 0 fully saturated rings. The second-order valence-electron chi connectivity index (χ2n) is 7.84. The Hall–Kier alpha value is -2.66. The normalized spacial score (nSPS) is 12.3. The molecule has 0 aliphatic rings. The van der Waals surface area contributed by atoms with Crippen LogP contribution in [0.15, 0.2) is 71.9 Å². The van der Waals surface area contributed by atoms with Gasteiger partial charge in [-0.1, -0.05) is 81.4 Å². The van der Waals surface area contributed by atoms with Crippen LogP contribution in [0.25, 0.3) is 4.98 Å². The molecule has 32 heavy (non-hydrogen) atoms. The molecule has 2 aromatic rings. The highest BCUT2D eigenvalue weighted by Gasteiger charge is 2.47. The van der Waals surface area contributed by atoms with Gasteiger partial charge in [-0.15, -0.1) is 0 Å². The Labute approximate surface area is 192 Å². The lowest BCUT2D eigenvalue weighted by atomic mass is 10.2. The number of aliphatic hydroxyl groups is 1. The zero-order valence-corrected chi connectivity index (χ0v) is 20.4. The Balaban J connectivity index is 2.09. The maximum absolute atomic E-state index is 10.8. The topological polar surface area (TPSA) is 76.1 Å². The SMILES string of the molecule is CC[Si](CC)(CC)/C([N+]#N)=C(\O)OC(COCc1ccccc1)COCc1ccccc1. The molecule has 0 atom stereocenters. The van der Waals surface area contributed by atoms with Crippen molar-refractivity contribution in [1.82, 2.24) is 0 Å². The smallest absolute Gasteiger partial charge is 0.404 e. The van der Waals surface area contributed by atoms with Gasteiger partial charge in [0.15, 0.2) is 4.98 Å². The molecule has 0 spiro atoms. The third-order valence-electron chi connectivity index (χ3n) is 5.94. The molecule has 0 unspecified atom stereocenters. The van der Waals surface area contributed by atoms with Crippen LogP contribution >= 0.6 is 0 Å². The second kappa shape index (κ2) is 13.7. The number of hydrogen-bond acceptors (Lipinski definition) is 5. The summed E-state index contributed by atoms with van der Waals surface area (Å²) in [6, 6.07) is 22.3. The van der Waals surface area contributed by atoms with E-state index in [9.17, 15) is 10.5 Å².